The second-order valence-corrected chi connectivity index (χ2v) is 17.6. The highest BCUT2D eigenvalue weighted by atomic mass is 31.3. The van der Waals surface area contributed by atoms with Crippen molar-refractivity contribution >= 4 is 23.2 Å². The van der Waals surface area contributed by atoms with Gasteiger partial charge >= 0.3 is 28.9 Å². The van der Waals surface area contributed by atoms with E-state index in [0.29, 0.717) is 12.8 Å². The Morgan fingerprint density at radius 1 is 0.837 bits per heavy atom. The van der Waals surface area contributed by atoms with Gasteiger partial charge in [-0.25, -0.2) is 18.2 Å². The van der Waals surface area contributed by atoms with Crippen molar-refractivity contribution in [3.05, 3.63) is 44.8 Å². The number of nitrogens with one attached hydrogen (secondary N) is 1. The van der Waals surface area contributed by atoms with Gasteiger partial charge in [0.2, 0.25) is 0 Å². The summed E-state index contributed by atoms with van der Waals surface area (Å²) in [6.07, 6.45) is 19.9. The molecule has 0 radical (unpaired) electrons. The number of phosphoric acid groups is 2. The van der Waals surface area contributed by atoms with Gasteiger partial charge in [0.15, 0.2) is 6.23 Å². The molecule has 1 aliphatic rings. The molecular weight excluding hydrogens is 699 g/mol. The smallest absolute Gasteiger partial charge is 0.344 e. The molecule has 1 aromatic rings. The van der Waals surface area contributed by atoms with Crippen LogP contribution in [0.5, 0.6) is 0 Å². The average Bonchev–Trinajstić information content (AvgIpc) is 3.50. The second kappa shape index (κ2) is 23.0. The zero-order valence-electron chi connectivity index (χ0n) is 28.7. The molecule has 3 unspecified atom stereocenters. The Balaban J connectivity index is 1.72. The molecule has 5 atom stereocenters. The van der Waals surface area contributed by atoms with E-state index in [1.807, 2.05) is 6.07 Å². The molecule has 1 aliphatic heterocycles. The van der Waals surface area contributed by atoms with Crippen LogP contribution in [0, 0.1) is 18.3 Å². The molecule has 49 heavy (non-hydrogen) atoms. The third kappa shape index (κ3) is 18.4. The molecule has 15 nitrogen and oxygen atoms in total. The molecule has 0 saturated carbocycles. The van der Waals surface area contributed by atoms with Crippen LogP contribution in [0.4, 0.5) is 0 Å². The van der Waals surface area contributed by atoms with Crippen molar-refractivity contribution in [3.8, 4) is 6.07 Å². The quantitative estimate of drug-likeness (QED) is 0.0421. The molecule has 0 bridgehead atoms. The van der Waals surface area contributed by atoms with Crippen molar-refractivity contribution < 1.29 is 45.9 Å². The van der Waals surface area contributed by atoms with Crippen molar-refractivity contribution in [2.45, 2.75) is 135 Å². The summed E-state index contributed by atoms with van der Waals surface area (Å²) in [6, 6.07) is 1.81. The van der Waals surface area contributed by atoms with Crippen LogP contribution in [0.25, 0.3) is 0 Å². The summed E-state index contributed by atoms with van der Waals surface area (Å²) in [6.45, 7) is 2.75. The van der Waals surface area contributed by atoms with Gasteiger partial charge in [0.25, 0.3) is 5.56 Å². The predicted octanol–water partition coefficient (Wildman–Crippen LogP) is 7.93. The molecule has 0 aromatic carbocycles. The number of phosphoric ester groups is 1. The van der Waals surface area contributed by atoms with Crippen molar-refractivity contribution in [2.24, 2.45) is 0 Å². The highest BCUT2D eigenvalue weighted by molar-refractivity contribution is 7.68. The summed E-state index contributed by atoms with van der Waals surface area (Å²) in [5.74, 6) is 0. The zero-order chi connectivity index (χ0) is 36.2. The number of nitrogens with zero attached hydrogens (tertiary/aromatic N) is 2. The Morgan fingerprint density at radius 2 is 1.39 bits per heavy atom. The molecule has 2 heterocycles. The summed E-state index contributed by atoms with van der Waals surface area (Å²) in [4.78, 5) is 46.1. The second-order valence-electron chi connectivity index (χ2n) is 12.2. The number of H-pyrrole nitrogens is 1. The number of unbranched alkanes of at least 4 members (excludes halogenated alkanes) is 15. The van der Waals surface area contributed by atoms with Crippen LogP contribution < -0.4 is 11.2 Å². The standard InChI is InChI=1S/C31H54N3O12P3/c1-3-4-5-6-7-8-9-10-11-12-13-14-15-16-17-18-24-47(37,42-23-19-22-32)45-49(40,41)46-48(38,39)43-26-28-20-21-29(44-28)34-25-27(2)30(35)33-31(34)36/h20-21,25,28-29H,3-19,23-24,26H2,1-2H3,(H,38,39)(H,40,41)(H,33,35,36)/t28-,29+,47?/m0/s1. The van der Waals surface area contributed by atoms with Gasteiger partial charge in [-0.2, -0.15) is 9.57 Å². The predicted molar refractivity (Wildman–Crippen MR) is 185 cm³/mol. The van der Waals surface area contributed by atoms with Gasteiger partial charge < -0.3 is 19.0 Å². The monoisotopic (exact) mass is 753 g/mol. The third-order valence-electron chi connectivity index (χ3n) is 7.85. The molecule has 0 aliphatic carbocycles. The number of rotatable bonds is 28. The Kier molecular flexibility index (Phi) is 20.4. The lowest BCUT2D eigenvalue weighted by Gasteiger charge is -2.22. The third-order valence-corrected chi connectivity index (χ3v) is 13.2. The van der Waals surface area contributed by atoms with Crippen molar-refractivity contribution in [1.29, 1.82) is 5.26 Å². The van der Waals surface area contributed by atoms with Crippen LogP contribution in [0.2, 0.25) is 0 Å². The topological polar surface area (TPSA) is 216 Å². The number of hydrogen-bond donors (Lipinski definition) is 3. The molecule has 2 rings (SSSR count). The summed E-state index contributed by atoms with van der Waals surface area (Å²) in [5.41, 5.74) is -1.03. The number of aryl methyl sites for hydroxylation is 1. The van der Waals surface area contributed by atoms with E-state index in [1.165, 1.54) is 89.5 Å². The molecule has 0 spiro atoms. The van der Waals surface area contributed by atoms with E-state index in [-0.39, 0.29) is 24.8 Å². The number of ether oxygens (including phenoxy) is 1. The van der Waals surface area contributed by atoms with E-state index >= 15 is 0 Å². The van der Waals surface area contributed by atoms with Gasteiger partial charge in [0, 0.05) is 11.8 Å². The zero-order valence-corrected chi connectivity index (χ0v) is 31.4. The Labute approximate surface area is 289 Å². The summed E-state index contributed by atoms with van der Waals surface area (Å²) in [7, 11) is -15.0. The maximum Gasteiger partial charge on any atom is 0.488 e. The number of nitriles is 1. The summed E-state index contributed by atoms with van der Waals surface area (Å²) >= 11 is 0. The average molecular weight is 754 g/mol. The van der Waals surface area contributed by atoms with Gasteiger partial charge in [-0.3, -0.25) is 23.4 Å². The van der Waals surface area contributed by atoms with Gasteiger partial charge in [-0.05, 0) is 19.4 Å². The van der Waals surface area contributed by atoms with Gasteiger partial charge in [0.05, 0.1) is 31.9 Å². The SMILES string of the molecule is CCCCCCCCCCCCCCCCCCP(=O)(OCCC#N)OP(=O)(O)OP(=O)(O)OC[C@@H]1C=C[C@H](n2cc(C)c(=O)[nH]c2=O)O1. The van der Waals surface area contributed by atoms with Crippen LogP contribution in [-0.2, 0) is 36.1 Å². The first-order valence-electron chi connectivity index (χ1n) is 17.3. The molecular formula is C31H54N3O12P3. The van der Waals surface area contributed by atoms with Gasteiger partial charge in [-0.1, -0.05) is 109 Å². The fraction of sp³-hybridized carbons (Fsp3) is 0.774. The minimum absolute atomic E-state index is 0.162. The van der Waals surface area contributed by atoms with Crippen LogP contribution in [0.15, 0.2) is 27.9 Å². The van der Waals surface area contributed by atoms with E-state index in [0.717, 1.165) is 30.3 Å². The van der Waals surface area contributed by atoms with Crippen molar-refractivity contribution in [3.63, 3.8) is 0 Å². The highest BCUT2D eigenvalue weighted by Crippen LogP contribution is 2.69. The molecule has 3 N–H and O–H groups in total. The van der Waals surface area contributed by atoms with Gasteiger partial charge in [0.1, 0.15) is 6.10 Å². The lowest BCUT2D eigenvalue weighted by molar-refractivity contribution is -0.0104. The fourth-order valence-corrected chi connectivity index (χ4v) is 10.1. The van der Waals surface area contributed by atoms with Crippen LogP contribution in [0.1, 0.15) is 128 Å². The molecule has 0 amide bonds. The Hall–Kier alpha value is -1.68. The molecule has 18 heteroatoms. The van der Waals surface area contributed by atoms with Crippen LogP contribution in [-0.4, -0.2) is 44.8 Å². The normalized spacial score (nSPS) is 19.7. The molecule has 0 saturated heterocycles. The van der Waals surface area contributed by atoms with E-state index in [4.69, 9.17) is 23.4 Å². The Morgan fingerprint density at radius 3 is 1.94 bits per heavy atom. The fourth-order valence-electron chi connectivity index (χ4n) is 5.22. The van der Waals surface area contributed by atoms with E-state index in [1.54, 1.807) is 0 Å². The van der Waals surface area contributed by atoms with E-state index < -0.39 is 53.4 Å². The first kappa shape index (κ1) is 43.5. The molecule has 0 fully saturated rings. The number of hydrogen-bond acceptors (Lipinski definition) is 11. The van der Waals surface area contributed by atoms with E-state index in [9.17, 15) is 33.1 Å². The molecule has 1 aromatic heterocycles. The van der Waals surface area contributed by atoms with Crippen LogP contribution >= 0.6 is 23.2 Å². The summed E-state index contributed by atoms with van der Waals surface area (Å²) < 4.78 is 64.2. The largest absolute Gasteiger partial charge is 0.488 e. The lowest BCUT2D eigenvalue weighted by atomic mass is 10.0. The lowest BCUT2D eigenvalue weighted by Crippen LogP contribution is -2.33. The first-order chi connectivity index (χ1) is 23.3. The first-order valence-corrected chi connectivity index (χ1v) is 22.0. The number of aromatic amines is 1. The molecule has 280 valence electrons. The maximum atomic E-state index is 13.3. The highest BCUT2D eigenvalue weighted by Gasteiger charge is 2.42. The van der Waals surface area contributed by atoms with E-state index in [2.05, 4.69) is 16.2 Å². The summed E-state index contributed by atoms with van der Waals surface area (Å²) in [5, 5.41) is 8.82. The van der Waals surface area contributed by atoms with Gasteiger partial charge in [-0.15, -0.1) is 0 Å². The van der Waals surface area contributed by atoms with Crippen molar-refractivity contribution in [2.75, 3.05) is 19.4 Å². The maximum absolute atomic E-state index is 13.3. The van der Waals surface area contributed by atoms with Crippen LogP contribution in [0.3, 0.4) is 0 Å². The minimum atomic E-state index is -5.46. The minimum Gasteiger partial charge on any atom is -0.344 e. The Bertz CT molecular complexity index is 1460. The number of aromatic nitrogens is 2. The van der Waals surface area contributed by atoms with Crippen molar-refractivity contribution in [1.82, 2.24) is 9.55 Å².